The van der Waals surface area contributed by atoms with Crippen LogP contribution in [0.25, 0.3) is 0 Å². The van der Waals surface area contributed by atoms with E-state index in [0.29, 0.717) is 5.02 Å². The quantitative estimate of drug-likeness (QED) is 0.804. The first-order valence-electron chi connectivity index (χ1n) is 4.85. The monoisotopic (exact) mass is 275 g/mol. The lowest BCUT2D eigenvalue weighted by Gasteiger charge is -2.13. The Hall–Kier alpha value is -1.26. The predicted octanol–water partition coefficient (Wildman–Crippen LogP) is 1.69. The van der Waals surface area contributed by atoms with Gasteiger partial charge in [-0.05, 0) is 17.7 Å². The van der Waals surface area contributed by atoms with Gasteiger partial charge in [0.1, 0.15) is 11.9 Å². The summed E-state index contributed by atoms with van der Waals surface area (Å²) in [7, 11) is 0. The van der Waals surface area contributed by atoms with Gasteiger partial charge >= 0.3 is 5.97 Å². The Morgan fingerprint density at radius 1 is 1.29 bits per heavy atom. The molecule has 1 aromatic carbocycles. The molecule has 2 N–H and O–H groups in total. The third-order valence-electron chi connectivity index (χ3n) is 2.11. The maximum Gasteiger partial charge on any atom is 0.326 e. The van der Waals surface area contributed by atoms with Crippen LogP contribution in [0.15, 0.2) is 24.3 Å². The second kappa shape index (κ2) is 6.47. The highest BCUT2D eigenvalue weighted by atomic mass is 35.5. The average Bonchev–Trinajstić information content (AvgIpc) is 2.30. The Morgan fingerprint density at radius 3 is 2.35 bits per heavy atom. The second-order valence-electron chi connectivity index (χ2n) is 3.42. The first-order valence-corrected chi connectivity index (χ1v) is 5.76. The smallest absolute Gasteiger partial charge is 0.326 e. The number of aliphatic carboxylic acids is 1. The van der Waals surface area contributed by atoms with Crippen molar-refractivity contribution in [1.29, 1.82) is 0 Å². The molecule has 1 amide bonds. The molecule has 0 aromatic heterocycles. The molecule has 1 atom stereocenters. The summed E-state index contributed by atoms with van der Waals surface area (Å²) in [6, 6.07) is 5.77. The van der Waals surface area contributed by atoms with Crippen molar-refractivity contribution in [1.82, 2.24) is 5.32 Å². The normalized spacial score (nSPS) is 11.9. The van der Waals surface area contributed by atoms with E-state index in [0.717, 1.165) is 5.56 Å². The standard InChI is InChI=1S/C11H11Cl2NO3/c12-6-10(15)14-9(11(16)17)5-7-1-3-8(13)4-2-7/h1-4,9H,5-6H2,(H,14,15)(H,16,17)/t9-/m0/s1. The Kier molecular flexibility index (Phi) is 5.25. The molecule has 0 aliphatic carbocycles. The van der Waals surface area contributed by atoms with Crippen LogP contribution >= 0.6 is 23.2 Å². The number of carbonyl (C=O) groups is 2. The first kappa shape index (κ1) is 13.8. The van der Waals surface area contributed by atoms with E-state index < -0.39 is 17.9 Å². The van der Waals surface area contributed by atoms with E-state index in [2.05, 4.69) is 5.32 Å². The summed E-state index contributed by atoms with van der Waals surface area (Å²) in [5.41, 5.74) is 0.775. The minimum atomic E-state index is -1.10. The van der Waals surface area contributed by atoms with Crippen LogP contribution in [0.2, 0.25) is 5.02 Å². The van der Waals surface area contributed by atoms with Gasteiger partial charge in [0.25, 0.3) is 0 Å². The fourth-order valence-corrected chi connectivity index (χ4v) is 1.49. The van der Waals surface area contributed by atoms with Crippen molar-refractivity contribution in [3.63, 3.8) is 0 Å². The van der Waals surface area contributed by atoms with Gasteiger partial charge in [0.05, 0.1) is 0 Å². The number of hydrogen-bond donors (Lipinski definition) is 2. The fourth-order valence-electron chi connectivity index (χ4n) is 1.29. The fraction of sp³-hybridized carbons (Fsp3) is 0.273. The third kappa shape index (κ3) is 4.63. The molecule has 92 valence electrons. The highest BCUT2D eigenvalue weighted by Crippen LogP contribution is 2.11. The molecule has 0 saturated carbocycles. The maximum atomic E-state index is 11.0. The van der Waals surface area contributed by atoms with Crippen LogP contribution < -0.4 is 5.32 Å². The summed E-state index contributed by atoms with van der Waals surface area (Å²) in [6.07, 6.45) is 0.190. The van der Waals surface area contributed by atoms with Crippen LogP contribution in [-0.4, -0.2) is 28.9 Å². The highest BCUT2D eigenvalue weighted by Gasteiger charge is 2.19. The van der Waals surface area contributed by atoms with Crippen LogP contribution in [0.3, 0.4) is 0 Å². The van der Waals surface area contributed by atoms with E-state index in [1.807, 2.05) is 0 Å². The lowest BCUT2D eigenvalue weighted by Crippen LogP contribution is -2.42. The molecule has 4 nitrogen and oxygen atoms in total. The number of hydrogen-bond acceptors (Lipinski definition) is 2. The van der Waals surface area contributed by atoms with Crippen molar-refractivity contribution in [2.24, 2.45) is 0 Å². The summed E-state index contributed by atoms with van der Waals surface area (Å²) >= 11 is 11.0. The highest BCUT2D eigenvalue weighted by molar-refractivity contribution is 6.30. The molecule has 1 rings (SSSR count). The molecule has 0 aliphatic rings. The summed E-state index contributed by atoms with van der Waals surface area (Å²) in [5, 5.41) is 11.8. The number of nitrogens with one attached hydrogen (secondary N) is 1. The number of halogens is 2. The lowest BCUT2D eigenvalue weighted by molar-refractivity contribution is -0.141. The van der Waals surface area contributed by atoms with Crippen molar-refractivity contribution < 1.29 is 14.7 Å². The Labute approximate surface area is 109 Å². The van der Waals surface area contributed by atoms with Crippen LogP contribution in [-0.2, 0) is 16.0 Å². The van der Waals surface area contributed by atoms with E-state index in [1.54, 1.807) is 24.3 Å². The largest absolute Gasteiger partial charge is 0.480 e. The zero-order valence-corrected chi connectivity index (χ0v) is 10.3. The van der Waals surface area contributed by atoms with E-state index in [9.17, 15) is 9.59 Å². The predicted molar refractivity (Wildman–Crippen MR) is 65.4 cm³/mol. The van der Waals surface area contributed by atoms with Gasteiger partial charge in [0.2, 0.25) is 5.91 Å². The Morgan fingerprint density at radius 2 is 1.88 bits per heavy atom. The average molecular weight is 276 g/mol. The zero-order chi connectivity index (χ0) is 12.8. The van der Waals surface area contributed by atoms with Crippen molar-refractivity contribution in [2.75, 3.05) is 5.88 Å². The van der Waals surface area contributed by atoms with E-state index >= 15 is 0 Å². The van der Waals surface area contributed by atoms with Crippen molar-refractivity contribution >= 4 is 35.1 Å². The SMILES string of the molecule is O=C(CCl)N[C@@H](Cc1ccc(Cl)cc1)C(=O)O. The topological polar surface area (TPSA) is 66.4 Å². The number of carboxylic acid groups (broad SMARTS) is 1. The first-order chi connectivity index (χ1) is 8.02. The summed E-state index contributed by atoms with van der Waals surface area (Å²) in [4.78, 5) is 22.0. The van der Waals surface area contributed by atoms with Crippen LogP contribution in [0.4, 0.5) is 0 Å². The van der Waals surface area contributed by atoms with E-state index in [-0.39, 0.29) is 12.3 Å². The molecule has 17 heavy (non-hydrogen) atoms. The van der Waals surface area contributed by atoms with Crippen LogP contribution in [0, 0.1) is 0 Å². The number of carbonyl (C=O) groups excluding carboxylic acids is 1. The summed E-state index contributed by atoms with van der Waals surface area (Å²) in [5.74, 6) is -1.86. The van der Waals surface area contributed by atoms with Gasteiger partial charge in [0.15, 0.2) is 0 Å². The molecular formula is C11H11Cl2NO3. The van der Waals surface area contributed by atoms with Gasteiger partial charge < -0.3 is 10.4 Å². The molecule has 0 spiro atoms. The second-order valence-corrected chi connectivity index (χ2v) is 4.13. The molecule has 0 radical (unpaired) electrons. The van der Waals surface area contributed by atoms with E-state index in [4.69, 9.17) is 28.3 Å². The lowest BCUT2D eigenvalue weighted by atomic mass is 10.1. The van der Waals surface area contributed by atoms with Gasteiger partial charge in [0, 0.05) is 11.4 Å². The molecule has 0 saturated heterocycles. The molecule has 6 heteroatoms. The third-order valence-corrected chi connectivity index (χ3v) is 2.60. The van der Waals surface area contributed by atoms with Gasteiger partial charge in [-0.15, -0.1) is 11.6 Å². The number of alkyl halides is 1. The van der Waals surface area contributed by atoms with E-state index in [1.165, 1.54) is 0 Å². The molecule has 0 fully saturated rings. The summed E-state index contributed by atoms with van der Waals surface area (Å²) < 4.78 is 0. The zero-order valence-electron chi connectivity index (χ0n) is 8.82. The Bertz CT molecular complexity index is 406. The van der Waals surface area contributed by atoms with Crippen molar-refractivity contribution in [3.8, 4) is 0 Å². The molecule has 0 unspecified atom stereocenters. The molecule has 0 aliphatic heterocycles. The van der Waals surface area contributed by atoms with Gasteiger partial charge in [-0.25, -0.2) is 4.79 Å². The minimum absolute atomic E-state index is 0.190. The molecule has 0 bridgehead atoms. The van der Waals surface area contributed by atoms with Crippen LogP contribution in [0.5, 0.6) is 0 Å². The van der Waals surface area contributed by atoms with Gasteiger partial charge in [-0.2, -0.15) is 0 Å². The number of rotatable bonds is 5. The van der Waals surface area contributed by atoms with Crippen LogP contribution in [0.1, 0.15) is 5.56 Å². The Balaban J connectivity index is 2.70. The molecule has 1 aromatic rings. The van der Waals surface area contributed by atoms with Gasteiger partial charge in [-0.3, -0.25) is 4.79 Å². The summed E-state index contributed by atoms with van der Waals surface area (Å²) in [6.45, 7) is 0. The number of benzene rings is 1. The minimum Gasteiger partial charge on any atom is -0.480 e. The van der Waals surface area contributed by atoms with Crippen molar-refractivity contribution in [3.05, 3.63) is 34.9 Å². The maximum absolute atomic E-state index is 11.0. The molecular weight excluding hydrogens is 265 g/mol. The molecule has 0 heterocycles. The van der Waals surface area contributed by atoms with Crippen molar-refractivity contribution in [2.45, 2.75) is 12.5 Å². The number of amides is 1. The number of carboxylic acids is 1. The van der Waals surface area contributed by atoms with Gasteiger partial charge in [-0.1, -0.05) is 23.7 Å².